The van der Waals surface area contributed by atoms with Crippen molar-refractivity contribution in [1.82, 2.24) is 15.0 Å². The standard InChI is InChI=1S/C14H13F3N4O4/c15-14(16,17)8-2-1-3-9(6-8)21-12(24)10(7-19-18-4-5-22)11(23)20-13(21)25/h1-3,6-7,18,22,24H,4-5H2,(H,20,23,25). The Labute approximate surface area is 137 Å². The Bertz CT molecular complexity index is 902. The van der Waals surface area contributed by atoms with Gasteiger partial charge in [0, 0.05) is 0 Å². The van der Waals surface area contributed by atoms with E-state index in [2.05, 4.69) is 10.5 Å². The van der Waals surface area contributed by atoms with Crippen LogP contribution in [-0.2, 0) is 6.18 Å². The minimum Gasteiger partial charge on any atom is -0.493 e. The van der Waals surface area contributed by atoms with Crippen LogP contribution in [0.2, 0.25) is 0 Å². The van der Waals surface area contributed by atoms with Crippen molar-refractivity contribution >= 4 is 6.21 Å². The number of aliphatic hydroxyl groups excluding tert-OH is 1. The van der Waals surface area contributed by atoms with Gasteiger partial charge in [-0.2, -0.15) is 18.3 Å². The monoisotopic (exact) mass is 358 g/mol. The molecule has 0 aliphatic carbocycles. The molecule has 0 spiro atoms. The number of hydrazone groups is 1. The lowest BCUT2D eigenvalue weighted by Gasteiger charge is -2.12. The van der Waals surface area contributed by atoms with E-state index in [0.717, 1.165) is 18.3 Å². The number of halogens is 3. The minimum atomic E-state index is -4.64. The van der Waals surface area contributed by atoms with E-state index >= 15 is 0 Å². The smallest absolute Gasteiger partial charge is 0.416 e. The predicted molar refractivity (Wildman–Crippen MR) is 82.0 cm³/mol. The molecule has 1 heterocycles. The molecule has 0 fully saturated rings. The van der Waals surface area contributed by atoms with Crippen molar-refractivity contribution in [2.45, 2.75) is 6.18 Å². The number of alkyl halides is 3. The molecule has 0 unspecified atom stereocenters. The number of nitrogens with one attached hydrogen (secondary N) is 2. The zero-order valence-corrected chi connectivity index (χ0v) is 12.5. The lowest BCUT2D eigenvalue weighted by Crippen LogP contribution is -2.31. The van der Waals surface area contributed by atoms with E-state index in [1.54, 1.807) is 0 Å². The Morgan fingerprint density at radius 2 is 2.04 bits per heavy atom. The molecular weight excluding hydrogens is 345 g/mol. The molecule has 4 N–H and O–H groups in total. The van der Waals surface area contributed by atoms with Crippen molar-refractivity contribution < 1.29 is 23.4 Å². The van der Waals surface area contributed by atoms with Gasteiger partial charge in [0.15, 0.2) is 0 Å². The zero-order valence-electron chi connectivity index (χ0n) is 12.5. The van der Waals surface area contributed by atoms with Gasteiger partial charge in [-0.1, -0.05) is 6.07 Å². The number of hydrogen-bond donors (Lipinski definition) is 4. The second kappa shape index (κ2) is 7.21. The number of benzene rings is 1. The first kappa shape index (κ1) is 18.3. The Balaban J connectivity index is 2.58. The molecule has 134 valence electrons. The van der Waals surface area contributed by atoms with Crippen molar-refractivity contribution in [3.63, 3.8) is 0 Å². The van der Waals surface area contributed by atoms with Crippen LogP contribution < -0.4 is 16.7 Å². The fourth-order valence-electron chi connectivity index (χ4n) is 1.94. The zero-order chi connectivity index (χ0) is 18.6. The summed E-state index contributed by atoms with van der Waals surface area (Å²) in [5.41, 5.74) is -1.47. The normalized spacial score (nSPS) is 11.8. The van der Waals surface area contributed by atoms with Gasteiger partial charge in [-0.05, 0) is 18.2 Å². The lowest BCUT2D eigenvalue weighted by molar-refractivity contribution is -0.137. The van der Waals surface area contributed by atoms with Crippen LogP contribution in [0.5, 0.6) is 5.88 Å². The number of nitrogens with zero attached hydrogens (tertiary/aromatic N) is 2. The van der Waals surface area contributed by atoms with Crippen LogP contribution in [0.15, 0.2) is 39.0 Å². The van der Waals surface area contributed by atoms with E-state index in [9.17, 15) is 27.9 Å². The lowest BCUT2D eigenvalue weighted by atomic mass is 10.2. The summed E-state index contributed by atoms with van der Waals surface area (Å²) in [6.07, 6.45) is -3.76. The highest BCUT2D eigenvalue weighted by Gasteiger charge is 2.30. The molecule has 2 aromatic rings. The van der Waals surface area contributed by atoms with Gasteiger partial charge in [0.25, 0.3) is 5.56 Å². The summed E-state index contributed by atoms with van der Waals surface area (Å²) < 4.78 is 38.9. The average molecular weight is 358 g/mol. The van der Waals surface area contributed by atoms with E-state index in [1.807, 2.05) is 4.98 Å². The number of rotatable bonds is 5. The van der Waals surface area contributed by atoms with Crippen molar-refractivity contribution in [3.05, 3.63) is 56.2 Å². The van der Waals surface area contributed by atoms with Crippen molar-refractivity contribution in [3.8, 4) is 11.6 Å². The Morgan fingerprint density at radius 1 is 1.32 bits per heavy atom. The highest BCUT2D eigenvalue weighted by molar-refractivity contribution is 5.82. The number of aromatic amines is 1. The fraction of sp³-hybridized carbons (Fsp3) is 0.214. The summed E-state index contributed by atoms with van der Waals surface area (Å²) in [6, 6.07) is 3.69. The van der Waals surface area contributed by atoms with Gasteiger partial charge in [0.1, 0.15) is 5.56 Å². The van der Waals surface area contributed by atoms with Crippen LogP contribution >= 0.6 is 0 Å². The van der Waals surface area contributed by atoms with Gasteiger partial charge < -0.3 is 15.6 Å². The van der Waals surface area contributed by atoms with E-state index < -0.39 is 34.4 Å². The van der Waals surface area contributed by atoms with Crippen LogP contribution in [0.4, 0.5) is 13.2 Å². The molecule has 0 saturated carbocycles. The molecule has 0 atom stereocenters. The van der Waals surface area contributed by atoms with E-state index in [1.165, 1.54) is 6.07 Å². The molecule has 11 heteroatoms. The number of H-pyrrole nitrogens is 1. The van der Waals surface area contributed by atoms with Gasteiger partial charge >= 0.3 is 11.9 Å². The number of aliphatic hydroxyl groups is 1. The van der Waals surface area contributed by atoms with E-state index in [0.29, 0.717) is 10.6 Å². The Hall–Kier alpha value is -3.08. The third-order valence-corrected chi connectivity index (χ3v) is 3.06. The van der Waals surface area contributed by atoms with Crippen LogP contribution in [-0.4, -0.2) is 39.1 Å². The van der Waals surface area contributed by atoms with E-state index in [4.69, 9.17) is 5.11 Å². The topological polar surface area (TPSA) is 120 Å². The van der Waals surface area contributed by atoms with Gasteiger partial charge in [-0.25, -0.2) is 9.36 Å². The van der Waals surface area contributed by atoms with Crippen LogP contribution in [0, 0.1) is 0 Å². The summed E-state index contributed by atoms with van der Waals surface area (Å²) in [7, 11) is 0. The molecule has 1 aromatic heterocycles. The largest absolute Gasteiger partial charge is 0.493 e. The first-order valence-electron chi connectivity index (χ1n) is 6.88. The van der Waals surface area contributed by atoms with Gasteiger partial charge in [0.2, 0.25) is 5.88 Å². The van der Waals surface area contributed by atoms with Crippen molar-refractivity contribution in [2.75, 3.05) is 13.2 Å². The fourth-order valence-corrected chi connectivity index (χ4v) is 1.94. The summed E-state index contributed by atoms with van der Waals surface area (Å²) in [5, 5.41) is 22.3. The minimum absolute atomic E-state index is 0.0719. The number of aromatic nitrogens is 2. The molecule has 0 bridgehead atoms. The van der Waals surface area contributed by atoms with Gasteiger partial charge in [-0.3, -0.25) is 9.78 Å². The molecule has 0 aliphatic heterocycles. The number of hydrogen-bond acceptors (Lipinski definition) is 6. The quantitative estimate of drug-likeness (QED) is 0.345. The second-order valence-corrected chi connectivity index (χ2v) is 4.77. The third kappa shape index (κ3) is 4.07. The van der Waals surface area contributed by atoms with Gasteiger partial charge in [0.05, 0.1) is 30.6 Å². The maximum absolute atomic E-state index is 12.8. The van der Waals surface area contributed by atoms with Crippen molar-refractivity contribution in [2.24, 2.45) is 5.10 Å². The molecule has 0 saturated heterocycles. The molecule has 0 aliphatic rings. The second-order valence-electron chi connectivity index (χ2n) is 4.77. The summed E-state index contributed by atoms with van der Waals surface area (Å²) in [6.45, 7) is -0.161. The third-order valence-electron chi connectivity index (χ3n) is 3.06. The molecule has 8 nitrogen and oxygen atoms in total. The maximum Gasteiger partial charge on any atom is 0.416 e. The van der Waals surface area contributed by atoms with E-state index in [-0.39, 0.29) is 18.8 Å². The first-order chi connectivity index (χ1) is 11.8. The molecule has 25 heavy (non-hydrogen) atoms. The summed E-state index contributed by atoms with van der Waals surface area (Å²) in [5.74, 6) is -0.873. The molecule has 0 amide bonds. The van der Waals surface area contributed by atoms with Gasteiger partial charge in [-0.15, -0.1) is 0 Å². The predicted octanol–water partition coefficient (Wildman–Crippen LogP) is 0.166. The van der Waals surface area contributed by atoms with Crippen LogP contribution in [0.1, 0.15) is 11.1 Å². The Morgan fingerprint density at radius 3 is 2.68 bits per heavy atom. The molecule has 1 aromatic carbocycles. The molecular formula is C14H13F3N4O4. The SMILES string of the molecule is O=c1[nH]c(=O)n(-c2cccc(C(F)(F)F)c2)c(O)c1C=NNCCO. The van der Waals surface area contributed by atoms with Crippen LogP contribution in [0.3, 0.4) is 0 Å². The highest BCUT2D eigenvalue weighted by atomic mass is 19.4. The summed E-state index contributed by atoms with van der Waals surface area (Å²) in [4.78, 5) is 25.6. The van der Waals surface area contributed by atoms with Crippen molar-refractivity contribution in [1.29, 1.82) is 0 Å². The van der Waals surface area contributed by atoms with Crippen LogP contribution in [0.25, 0.3) is 5.69 Å². The number of aromatic hydroxyl groups is 1. The summed E-state index contributed by atoms with van der Waals surface area (Å²) >= 11 is 0. The highest BCUT2D eigenvalue weighted by Crippen LogP contribution is 2.30. The maximum atomic E-state index is 12.8. The molecule has 0 radical (unpaired) electrons. The average Bonchev–Trinajstić information content (AvgIpc) is 2.53. The molecule has 2 rings (SSSR count). The first-order valence-corrected chi connectivity index (χ1v) is 6.88. The Kier molecular flexibility index (Phi) is 5.27.